The van der Waals surface area contributed by atoms with Crippen LogP contribution in [0.1, 0.15) is 48.8 Å². The molecule has 1 aliphatic rings. The SMILES string of the molecule is Cc1ccc(C(=O)Nc2ccnc(C(C)(C)C)c2)cc1Nc1ncnn1-c1cc(NCCCN2CCN(C)CC2)ncn1. The minimum absolute atomic E-state index is 0.122. The summed E-state index contributed by atoms with van der Waals surface area (Å²) in [5, 5.41) is 14.1. The third-order valence-corrected chi connectivity index (χ3v) is 7.50. The molecule has 3 aromatic heterocycles. The van der Waals surface area contributed by atoms with Crippen molar-refractivity contribution in [2.45, 2.75) is 39.5 Å². The van der Waals surface area contributed by atoms with Crippen LogP contribution in [0.4, 0.5) is 23.1 Å². The topological polar surface area (TPSA) is 129 Å². The van der Waals surface area contributed by atoms with Crippen LogP contribution in [0.2, 0.25) is 0 Å². The lowest BCUT2D eigenvalue weighted by Gasteiger charge is -2.32. The molecule has 12 heteroatoms. The van der Waals surface area contributed by atoms with E-state index in [9.17, 15) is 4.79 Å². The van der Waals surface area contributed by atoms with Crippen LogP contribution in [-0.2, 0) is 5.41 Å². The lowest BCUT2D eigenvalue weighted by molar-refractivity contribution is 0.102. The molecule has 12 nitrogen and oxygen atoms in total. The first kappa shape index (κ1) is 30.1. The average Bonchev–Trinajstić information content (AvgIpc) is 3.45. The van der Waals surface area contributed by atoms with Crippen LogP contribution in [0.25, 0.3) is 5.82 Å². The van der Waals surface area contributed by atoms with Crippen molar-refractivity contribution >= 4 is 29.0 Å². The lowest BCUT2D eigenvalue weighted by atomic mass is 9.91. The van der Waals surface area contributed by atoms with Crippen molar-refractivity contribution in [2.75, 3.05) is 62.3 Å². The maximum atomic E-state index is 13.2. The number of hydrogen-bond donors (Lipinski definition) is 3. The Labute approximate surface area is 253 Å². The number of nitrogens with one attached hydrogen (secondary N) is 3. The Morgan fingerprint density at radius 2 is 1.77 bits per heavy atom. The minimum atomic E-state index is -0.213. The molecular weight excluding hydrogens is 542 g/mol. The fourth-order valence-electron chi connectivity index (χ4n) is 4.78. The molecule has 5 rings (SSSR count). The number of anilines is 4. The van der Waals surface area contributed by atoms with E-state index in [1.165, 1.54) is 12.7 Å². The molecule has 0 atom stereocenters. The van der Waals surface area contributed by atoms with E-state index in [-0.39, 0.29) is 11.3 Å². The Bertz CT molecular complexity index is 1540. The Morgan fingerprint density at radius 3 is 2.56 bits per heavy atom. The van der Waals surface area contributed by atoms with Gasteiger partial charge in [-0.25, -0.2) is 9.97 Å². The van der Waals surface area contributed by atoms with Gasteiger partial charge in [0.25, 0.3) is 5.91 Å². The van der Waals surface area contributed by atoms with E-state index in [0.717, 1.165) is 68.5 Å². The Hall–Kier alpha value is -4.42. The number of aromatic nitrogens is 6. The Balaban J connectivity index is 1.23. The Kier molecular flexibility index (Phi) is 9.27. The summed E-state index contributed by atoms with van der Waals surface area (Å²) in [4.78, 5) is 35.7. The van der Waals surface area contributed by atoms with E-state index in [4.69, 9.17) is 0 Å². The third kappa shape index (κ3) is 7.90. The van der Waals surface area contributed by atoms with Crippen LogP contribution < -0.4 is 16.0 Å². The van der Waals surface area contributed by atoms with Gasteiger partial charge in [-0.1, -0.05) is 26.8 Å². The smallest absolute Gasteiger partial charge is 0.255 e. The number of carbonyl (C=O) groups is 1. The van der Waals surface area contributed by atoms with Crippen LogP contribution in [0.5, 0.6) is 0 Å². The summed E-state index contributed by atoms with van der Waals surface area (Å²) in [7, 11) is 2.17. The molecule has 4 aromatic rings. The maximum absolute atomic E-state index is 13.2. The monoisotopic (exact) mass is 583 g/mol. The summed E-state index contributed by atoms with van der Waals surface area (Å²) in [6.07, 6.45) is 5.73. The summed E-state index contributed by atoms with van der Waals surface area (Å²) in [6.45, 7) is 14.6. The molecule has 1 saturated heterocycles. The number of amides is 1. The first-order valence-corrected chi connectivity index (χ1v) is 14.7. The normalized spacial score (nSPS) is 14.4. The fourth-order valence-corrected chi connectivity index (χ4v) is 4.78. The first-order valence-electron chi connectivity index (χ1n) is 14.7. The van der Waals surface area contributed by atoms with Gasteiger partial charge in [0.05, 0.1) is 0 Å². The molecule has 1 amide bonds. The zero-order valence-electron chi connectivity index (χ0n) is 25.6. The second-order valence-corrected chi connectivity index (χ2v) is 12.0. The second-order valence-electron chi connectivity index (χ2n) is 12.0. The highest BCUT2D eigenvalue weighted by atomic mass is 16.1. The summed E-state index contributed by atoms with van der Waals surface area (Å²) < 4.78 is 1.62. The molecule has 1 aromatic carbocycles. The number of piperazine rings is 1. The van der Waals surface area contributed by atoms with Crippen molar-refractivity contribution in [2.24, 2.45) is 0 Å². The van der Waals surface area contributed by atoms with Gasteiger partial charge in [0.2, 0.25) is 5.95 Å². The molecule has 0 bridgehead atoms. The predicted octanol–water partition coefficient (Wildman–Crippen LogP) is 4.10. The van der Waals surface area contributed by atoms with Gasteiger partial charge in [0.15, 0.2) is 5.82 Å². The average molecular weight is 584 g/mol. The van der Waals surface area contributed by atoms with E-state index in [0.29, 0.717) is 23.0 Å². The molecule has 226 valence electrons. The van der Waals surface area contributed by atoms with E-state index < -0.39 is 0 Å². The standard InChI is InChI=1S/C31H41N11O/c1-22-7-8-23(29(43)38-24-9-11-32-26(18-24)31(2,3)4)17-25(22)39-30-36-21-37-42(30)28-19-27(34-20-35-28)33-10-6-12-41-15-13-40(5)14-16-41/h7-9,11,17-21H,6,10,12-16H2,1-5H3,(H,32,38,43)(H,33,34,35)(H,36,37,39). The van der Waals surface area contributed by atoms with E-state index in [1.807, 2.05) is 31.2 Å². The van der Waals surface area contributed by atoms with Crippen molar-refractivity contribution < 1.29 is 4.79 Å². The van der Waals surface area contributed by atoms with Gasteiger partial charge < -0.3 is 25.8 Å². The van der Waals surface area contributed by atoms with E-state index >= 15 is 0 Å². The Morgan fingerprint density at radius 1 is 0.953 bits per heavy atom. The minimum Gasteiger partial charge on any atom is -0.370 e. The maximum Gasteiger partial charge on any atom is 0.255 e. The number of benzene rings is 1. The molecule has 1 aliphatic heterocycles. The van der Waals surface area contributed by atoms with Gasteiger partial charge in [-0.15, -0.1) is 0 Å². The molecule has 1 fully saturated rings. The van der Waals surface area contributed by atoms with E-state index in [2.05, 4.69) is 78.6 Å². The van der Waals surface area contributed by atoms with Crippen LogP contribution in [0.3, 0.4) is 0 Å². The summed E-state index contributed by atoms with van der Waals surface area (Å²) in [5.74, 6) is 1.57. The van der Waals surface area contributed by atoms with Crippen molar-refractivity contribution in [3.63, 3.8) is 0 Å². The van der Waals surface area contributed by atoms with Gasteiger partial charge in [-0.3, -0.25) is 9.78 Å². The molecule has 4 heterocycles. The molecule has 43 heavy (non-hydrogen) atoms. The largest absolute Gasteiger partial charge is 0.370 e. The summed E-state index contributed by atoms with van der Waals surface area (Å²) in [5.41, 5.74) is 3.69. The number of pyridine rings is 1. The lowest BCUT2D eigenvalue weighted by Crippen LogP contribution is -2.44. The zero-order chi connectivity index (χ0) is 30.4. The van der Waals surface area contributed by atoms with Crippen molar-refractivity contribution in [3.8, 4) is 5.82 Å². The molecule has 0 spiro atoms. The molecule has 3 N–H and O–H groups in total. The van der Waals surface area contributed by atoms with Crippen molar-refractivity contribution in [3.05, 3.63) is 72.1 Å². The van der Waals surface area contributed by atoms with Gasteiger partial charge in [0, 0.05) is 73.0 Å². The van der Waals surface area contributed by atoms with Gasteiger partial charge in [-0.2, -0.15) is 14.8 Å². The van der Waals surface area contributed by atoms with E-state index in [1.54, 1.807) is 23.0 Å². The summed E-state index contributed by atoms with van der Waals surface area (Å²) in [6, 6.07) is 11.1. The third-order valence-electron chi connectivity index (χ3n) is 7.50. The quantitative estimate of drug-likeness (QED) is 0.235. The molecule has 0 saturated carbocycles. The zero-order valence-corrected chi connectivity index (χ0v) is 25.6. The number of likely N-dealkylation sites (N-methyl/N-ethyl adjacent to an activating group) is 1. The van der Waals surface area contributed by atoms with Crippen LogP contribution in [0, 0.1) is 6.92 Å². The predicted molar refractivity (Wildman–Crippen MR) is 169 cm³/mol. The van der Waals surface area contributed by atoms with Gasteiger partial charge >= 0.3 is 0 Å². The highest BCUT2D eigenvalue weighted by molar-refractivity contribution is 6.05. The van der Waals surface area contributed by atoms with Crippen molar-refractivity contribution in [1.29, 1.82) is 0 Å². The number of hydrogen-bond acceptors (Lipinski definition) is 10. The van der Waals surface area contributed by atoms with Crippen LogP contribution in [0.15, 0.2) is 55.2 Å². The number of nitrogens with zero attached hydrogens (tertiary/aromatic N) is 8. The summed E-state index contributed by atoms with van der Waals surface area (Å²) >= 11 is 0. The van der Waals surface area contributed by atoms with Gasteiger partial charge in [-0.05, 0) is 56.8 Å². The fraction of sp³-hybridized carbons (Fsp3) is 0.419. The molecule has 0 aliphatic carbocycles. The number of rotatable bonds is 10. The highest BCUT2D eigenvalue weighted by Gasteiger charge is 2.18. The van der Waals surface area contributed by atoms with Crippen molar-refractivity contribution in [1.82, 2.24) is 39.5 Å². The van der Waals surface area contributed by atoms with Crippen LogP contribution in [-0.4, -0.2) is 91.7 Å². The first-order chi connectivity index (χ1) is 20.7. The molecule has 0 radical (unpaired) electrons. The van der Waals surface area contributed by atoms with Crippen LogP contribution >= 0.6 is 0 Å². The highest BCUT2D eigenvalue weighted by Crippen LogP contribution is 2.25. The molecular formula is C31H41N11O. The second kappa shape index (κ2) is 13.3. The van der Waals surface area contributed by atoms with Gasteiger partial charge in [0.1, 0.15) is 18.5 Å². The number of aryl methyl sites for hydroxylation is 1. The number of carbonyl (C=O) groups excluding carboxylic acids is 1. The molecule has 0 unspecified atom stereocenters.